The maximum Gasteiger partial charge on any atom is 0.226 e. The molecule has 0 saturated carbocycles. The van der Waals surface area contributed by atoms with Crippen LogP contribution in [0, 0.1) is 6.92 Å². The van der Waals surface area contributed by atoms with Crippen molar-refractivity contribution in [2.24, 2.45) is 0 Å². The molecule has 0 fully saturated rings. The Morgan fingerprint density at radius 1 is 1.26 bits per heavy atom. The Morgan fingerprint density at radius 3 is 2.74 bits per heavy atom. The fourth-order valence-electron chi connectivity index (χ4n) is 2.11. The van der Waals surface area contributed by atoms with Crippen molar-refractivity contribution >= 4 is 5.57 Å². The summed E-state index contributed by atoms with van der Waals surface area (Å²) in [6.45, 7) is 3.71. The third-order valence-electron chi connectivity index (χ3n) is 3.11. The van der Waals surface area contributed by atoms with E-state index >= 15 is 0 Å². The van der Waals surface area contributed by atoms with Crippen molar-refractivity contribution < 1.29 is 4.42 Å². The second-order valence-electron chi connectivity index (χ2n) is 4.67. The van der Waals surface area contributed by atoms with E-state index in [-0.39, 0.29) is 0 Å². The molecule has 2 aromatic rings. The van der Waals surface area contributed by atoms with Crippen LogP contribution in [0.2, 0.25) is 0 Å². The van der Waals surface area contributed by atoms with Gasteiger partial charge in [0.25, 0.3) is 0 Å². The molecule has 3 heteroatoms. The van der Waals surface area contributed by atoms with E-state index in [1.807, 2.05) is 13.0 Å². The molecule has 0 spiro atoms. The Labute approximate surface area is 112 Å². The van der Waals surface area contributed by atoms with E-state index in [1.165, 1.54) is 5.56 Å². The molecular formula is C16H16N2O. The number of aromatic nitrogens is 1. The summed E-state index contributed by atoms with van der Waals surface area (Å²) >= 11 is 0. The van der Waals surface area contributed by atoms with Crippen molar-refractivity contribution in [1.29, 1.82) is 0 Å². The number of benzene rings is 1. The van der Waals surface area contributed by atoms with Crippen LogP contribution in [0.15, 0.2) is 59.3 Å². The normalized spacial score (nSPS) is 14.6. The molecular weight excluding hydrogens is 236 g/mol. The minimum absolute atomic E-state index is 0.702. The Morgan fingerprint density at radius 2 is 2.11 bits per heavy atom. The summed E-state index contributed by atoms with van der Waals surface area (Å²) in [5.41, 5.74) is 2.37. The first-order valence-electron chi connectivity index (χ1n) is 6.40. The lowest BCUT2D eigenvalue weighted by molar-refractivity contribution is 0.405. The van der Waals surface area contributed by atoms with Gasteiger partial charge in [0.2, 0.25) is 5.89 Å². The summed E-state index contributed by atoms with van der Waals surface area (Å²) in [6.07, 6.45) is 8.05. The molecule has 1 aliphatic heterocycles. The zero-order chi connectivity index (χ0) is 13.1. The van der Waals surface area contributed by atoms with Gasteiger partial charge in [-0.15, -0.1) is 0 Å². The van der Waals surface area contributed by atoms with Gasteiger partial charge < -0.3 is 9.32 Å². The van der Waals surface area contributed by atoms with E-state index in [2.05, 4.69) is 52.5 Å². The molecule has 96 valence electrons. The van der Waals surface area contributed by atoms with Crippen LogP contribution >= 0.6 is 0 Å². The van der Waals surface area contributed by atoms with Gasteiger partial charge in [-0.3, -0.25) is 0 Å². The van der Waals surface area contributed by atoms with E-state index in [0.29, 0.717) is 5.89 Å². The van der Waals surface area contributed by atoms with Gasteiger partial charge in [-0.1, -0.05) is 36.4 Å². The van der Waals surface area contributed by atoms with E-state index in [0.717, 1.165) is 24.4 Å². The van der Waals surface area contributed by atoms with Crippen molar-refractivity contribution in [3.05, 3.63) is 72.1 Å². The molecule has 0 amide bonds. The minimum atomic E-state index is 0.702. The predicted molar refractivity (Wildman–Crippen MR) is 75.2 cm³/mol. The molecule has 0 atom stereocenters. The van der Waals surface area contributed by atoms with Gasteiger partial charge in [-0.05, 0) is 18.6 Å². The van der Waals surface area contributed by atoms with Gasteiger partial charge in [0.15, 0.2) is 0 Å². The summed E-state index contributed by atoms with van der Waals surface area (Å²) in [5, 5.41) is 0. The fraction of sp³-hybridized carbons (Fsp3) is 0.188. The Bertz CT molecular complexity index is 611. The van der Waals surface area contributed by atoms with Crippen LogP contribution in [-0.4, -0.2) is 16.4 Å². The summed E-state index contributed by atoms with van der Waals surface area (Å²) < 4.78 is 5.53. The lowest BCUT2D eigenvalue weighted by Gasteiger charge is -2.22. The SMILES string of the molecule is Cc1cnc(C2=CCN(Cc3ccccc3)C=C2)o1. The molecule has 0 N–H and O–H groups in total. The van der Waals surface area contributed by atoms with Crippen LogP contribution in [0.3, 0.4) is 0 Å². The van der Waals surface area contributed by atoms with Crippen molar-refractivity contribution in [2.45, 2.75) is 13.5 Å². The highest BCUT2D eigenvalue weighted by atomic mass is 16.4. The number of hydrogen-bond acceptors (Lipinski definition) is 3. The van der Waals surface area contributed by atoms with Crippen LogP contribution in [0.4, 0.5) is 0 Å². The Kier molecular flexibility index (Phi) is 3.19. The molecule has 3 nitrogen and oxygen atoms in total. The number of aryl methyl sites for hydroxylation is 1. The number of oxazole rings is 1. The summed E-state index contributed by atoms with van der Waals surface area (Å²) in [5.74, 6) is 1.55. The molecule has 19 heavy (non-hydrogen) atoms. The molecule has 1 aromatic carbocycles. The molecule has 0 aliphatic carbocycles. The average Bonchev–Trinajstić information content (AvgIpc) is 2.87. The second-order valence-corrected chi connectivity index (χ2v) is 4.67. The van der Waals surface area contributed by atoms with Gasteiger partial charge in [0.1, 0.15) is 5.76 Å². The largest absolute Gasteiger partial charge is 0.442 e. The summed E-state index contributed by atoms with van der Waals surface area (Å²) in [7, 11) is 0. The molecule has 0 unspecified atom stereocenters. The lowest BCUT2D eigenvalue weighted by Crippen LogP contribution is -2.19. The Balaban J connectivity index is 1.66. The maximum atomic E-state index is 5.53. The molecule has 1 aromatic heterocycles. The fourth-order valence-corrected chi connectivity index (χ4v) is 2.11. The molecule has 0 radical (unpaired) electrons. The summed E-state index contributed by atoms with van der Waals surface area (Å²) in [6, 6.07) is 10.5. The van der Waals surface area contributed by atoms with Gasteiger partial charge >= 0.3 is 0 Å². The highest BCUT2D eigenvalue weighted by Crippen LogP contribution is 2.20. The number of nitrogens with zero attached hydrogens (tertiary/aromatic N) is 2. The quantitative estimate of drug-likeness (QED) is 0.838. The highest BCUT2D eigenvalue weighted by molar-refractivity contribution is 5.69. The first kappa shape index (κ1) is 11.8. The third kappa shape index (κ3) is 2.76. The standard InChI is InChI=1S/C16H16N2O/c1-13-11-17-16(19-13)15-7-9-18(10-8-15)12-14-5-3-2-4-6-14/h2-9,11H,10,12H2,1H3. The van der Waals surface area contributed by atoms with Crippen LogP contribution in [0.1, 0.15) is 17.2 Å². The van der Waals surface area contributed by atoms with E-state index in [1.54, 1.807) is 6.20 Å². The predicted octanol–water partition coefficient (Wildman–Crippen LogP) is 3.40. The third-order valence-corrected chi connectivity index (χ3v) is 3.11. The van der Waals surface area contributed by atoms with Crippen LogP contribution < -0.4 is 0 Å². The van der Waals surface area contributed by atoms with Crippen molar-refractivity contribution in [2.75, 3.05) is 6.54 Å². The lowest BCUT2D eigenvalue weighted by atomic mass is 10.1. The number of rotatable bonds is 3. The maximum absolute atomic E-state index is 5.53. The highest BCUT2D eigenvalue weighted by Gasteiger charge is 2.10. The van der Waals surface area contributed by atoms with Gasteiger partial charge in [0, 0.05) is 24.9 Å². The molecule has 0 saturated heterocycles. The van der Waals surface area contributed by atoms with Crippen LogP contribution in [0.25, 0.3) is 5.57 Å². The van der Waals surface area contributed by atoms with Crippen LogP contribution in [0.5, 0.6) is 0 Å². The van der Waals surface area contributed by atoms with Gasteiger partial charge in [0.05, 0.1) is 6.20 Å². The monoisotopic (exact) mass is 252 g/mol. The first-order chi connectivity index (χ1) is 9.31. The number of hydrogen-bond donors (Lipinski definition) is 0. The van der Waals surface area contributed by atoms with Crippen molar-refractivity contribution in [1.82, 2.24) is 9.88 Å². The first-order valence-corrected chi connectivity index (χ1v) is 6.40. The minimum Gasteiger partial charge on any atom is -0.442 e. The van der Waals surface area contributed by atoms with E-state index in [9.17, 15) is 0 Å². The molecule has 3 rings (SSSR count). The zero-order valence-corrected chi connectivity index (χ0v) is 10.9. The van der Waals surface area contributed by atoms with Crippen LogP contribution in [-0.2, 0) is 6.54 Å². The topological polar surface area (TPSA) is 29.3 Å². The van der Waals surface area contributed by atoms with E-state index < -0.39 is 0 Å². The number of allylic oxidation sites excluding steroid dienone is 2. The van der Waals surface area contributed by atoms with Crippen molar-refractivity contribution in [3.63, 3.8) is 0 Å². The molecule has 2 heterocycles. The Hall–Kier alpha value is -2.29. The van der Waals surface area contributed by atoms with Gasteiger partial charge in [-0.2, -0.15) is 0 Å². The van der Waals surface area contributed by atoms with Crippen molar-refractivity contribution in [3.8, 4) is 0 Å². The smallest absolute Gasteiger partial charge is 0.226 e. The van der Waals surface area contributed by atoms with Gasteiger partial charge in [-0.25, -0.2) is 4.98 Å². The summed E-state index contributed by atoms with van der Waals surface area (Å²) in [4.78, 5) is 6.50. The molecule has 1 aliphatic rings. The average molecular weight is 252 g/mol. The molecule has 0 bridgehead atoms. The zero-order valence-electron chi connectivity index (χ0n) is 10.9. The van der Waals surface area contributed by atoms with E-state index in [4.69, 9.17) is 4.42 Å². The second kappa shape index (κ2) is 5.14.